The summed E-state index contributed by atoms with van der Waals surface area (Å²) < 4.78 is 14.5. The molecule has 0 aliphatic heterocycles. The average Bonchev–Trinajstić information content (AvgIpc) is 3.31. The van der Waals surface area contributed by atoms with Crippen LogP contribution in [0.5, 0.6) is 5.88 Å². The lowest BCUT2D eigenvalue weighted by atomic mass is 10.4. The molecule has 30 heavy (non-hydrogen) atoms. The number of ether oxygens (including phenoxy) is 2. The molecular weight excluding hydrogens is 394 g/mol. The molecule has 0 bridgehead atoms. The number of amides is 1. The molecule has 0 aliphatic carbocycles. The third-order valence-corrected chi connectivity index (χ3v) is 4.08. The molecule has 0 atom stereocenters. The number of carbonyl (C=O) groups excluding carboxylic acids is 3. The molecular formula is C18H21N7O5. The van der Waals surface area contributed by atoms with Crippen LogP contribution in [0.3, 0.4) is 0 Å². The molecule has 3 rings (SSSR count). The normalized spacial score (nSPS) is 10.7. The van der Waals surface area contributed by atoms with Gasteiger partial charge in [0.05, 0.1) is 18.5 Å². The van der Waals surface area contributed by atoms with Gasteiger partial charge in [-0.25, -0.2) is 14.6 Å². The standard InChI is InChI=1S/C18H21N7O5/c1-5-29-18(28)15-22-13(9-25(15)4)30-17(27)11-6-10(7-23(11)2)20-16(26)14-21-12(19)8-24(14)3/h6-9H,5,19H2,1-4H3,(H,20,26). The van der Waals surface area contributed by atoms with Crippen molar-refractivity contribution in [1.82, 2.24) is 23.7 Å². The molecule has 12 nitrogen and oxygen atoms in total. The van der Waals surface area contributed by atoms with Gasteiger partial charge < -0.3 is 34.2 Å². The number of esters is 2. The number of aryl methyl sites for hydroxylation is 3. The summed E-state index contributed by atoms with van der Waals surface area (Å²) in [5, 5.41) is 2.65. The molecule has 3 aromatic rings. The second kappa shape index (κ2) is 8.11. The number of anilines is 2. The van der Waals surface area contributed by atoms with Crippen molar-refractivity contribution in [3.63, 3.8) is 0 Å². The number of hydrogen-bond donors (Lipinski definition) is 2. The SMILES string of the molecule is CCOC(=O)c1nc(OC(=O)c2cc(NC(=O)c3nc(N)cn3C)cn2C)cn1C. The predicted molar refractivity (Wildman–Crippen MR) is 105 cm³/mol. The average molecular weight is 415 g/mol. The van der Waals surface area contributed by atoms with Crippen molar-refractivity contribution in [3.8, 4) is 5.88 Å². The highest BCUT2D eigenvalue weighted by molar-refractivity contribution is 6.03. The molecule has 0 fully saturated rings. The molecule has 158 valence electrons. The van der Waals surface area contributed by atoms with Crippen LogP contribution >= 0.6 is 0 Å². The van der Waals surface area contributed by atoms with E-state index >= 15 is 0 Å². The van der Waals surface area contributed by atoms with Crippen LogP contribution in [-0.2, 0) is 25.9 Å². The molecule has 1 amide bonds. The second-order valence-electron chi connectivity index (χ2n) is 6.40. The largest absolute Gasteiger partial charge is 0.460 e. The van der Waals surface area contributed by atoms with Crippen LogP contribution in [0.4, 0.5) is 11.5 Å². The number of nitrogens with one attached hydrogen (secondary N) is 1. The third-order valence-electron chi connectivity index (χ3n) is 4.08. The van der Waals surface area contributed by atoms with Crippen molar-refractivity contribution < 1.29 is 23.9 Å². The quantitative estimate of drug-likeness (QED) is 0.560. The molecule has 0 aromatic carbocycles. The first kappa shape index (κ1) is 20.6. The number of carbonyl (C=O) groups is 3. The number of rotatable bonds is 6. The summed E-state index contributed by atoms with van der Waals surface area (Å²) in [6, 6.07) is 1.45. The maximum Gasteiger partial charge on any atom is 0.374 e. The topological polar surface area (TPSA) is 148 Å². The van der Waals surface area contributed by atoms with Crippen molar-refractivity contribution in [2.24, 2.45) is 21.1 Å². The first-order valence-electron chi connectivity index (χ1n) is 8.88. The van der Waals surface area contributed by atoms with E-state index in [1.165, 1.54) is 32.2 Å². The molecule has 12 heteroatoms. The van der Waals surface area contributed by atoms with Crippen molar-refractivity contribution >= 4 is 29.4 Å². The lowest BCUT2D eigenvalue weighted by Gasteiger charge is -2.01. The minimum absolute atomic E-state index is 0.00817. The fourth-order valence-corrected chi connectivity index (χ4v) is 2.74. The first-order chi connectivity index (χ1) is 14.2. The highest BCUT2D eigenvalue weighted by atomic mass is 16.5. The van der Waals surface area contributed by atoms with Crippen LogP contribution in [0.15, 0.2) is 24.7 Å². The van der Waals surface area contributed by atoms with Gasteiger partial charge in [0.25, 0.3) is 5.91 Å². The molecule has 0 spiro atoms. The Morgan fingerprint density at radius 2 is 1.70 bits per heavy atom. The number of imidazole rings is 2. The Kier molecular flexibility index (Phi) is 5.58. The summed E-state index contributed by atoms with van der Waals surface area (Å²) in [4.78, 5) is 44.6. The highest BCUT2D eigenvalue weighted by Crippen LogP contribution is 2.18. The number of nitrogens with zero attached hydrogens (tertiary/aromatic N) is 5. The number of hydrogen-bond acceptors (Lipinski definition) is 8. The summed E-state index contributed by atoms with van der Waals surface area (Å²) in [7, 11) is 4.84. The number of nitrogen functional groups attached to an aromatic ring is 1. The minimum atomic E-state index is -0.715. The Labute approximate surface area is 171 Å². The molecule has 0 unspecified atom stereocenters. The van der Waals surface area contributed by atoms with Gasteiger partial charge in [0.1, 0.15) is 11.5 Å². The molecule has 0 saturated carbocycles. The van der Waals surface area contributed by atoms with E-state index in [0.717, 1.165) is 0 Å². The van der Waals surface area contributed by atoms with Gasteiger partial charge >= 0.3 is 11.9 Å². The van der Waals surface area contributed by atoms with Crippen molar-refractivity contribution in [3.05, 3.63) is 42.0 Å². The van der Waals surface area contributed by atoms with Crippen molar-refractivity contribution in [2.75, 3.05) is 17.7 Å². The zero-order chi connectivity index (χ0) is 22.0. The van der Waals surface area contributed by atoms with Crippen LogP contribution in [0, 0.1) is 0 Å². The maximum atomic E-state index is 12.5. The second-order valence-corrected chi connectivity index (χ2v) is 6.40. The first-order valence-corrected chi connectivity index (χ1v) is 8.88. The molecule has 0 aliphatic rings. The van der Waals surface area contributed by atoms with Gasteiger partial charge in [-0.2, -0.15) is 4.98 Å². The number of aromatic nitrogens is 5. The van der Waals surface area contributed by atoms with Crippen LogP contribution in [0.2, 0.25) is 0 Å². The monoisotopic (exact) mass is 415 g/mol. The van der Waals surface area contributed by atoms with Gasteiger partial charge in [-0.05, 0) is 13.0 Å². The summed E-state index contributed by atoms with van der Waals surface area (Å²) in [5.74, 6) is -1.52. The summed E-state index contributed by atoms with van der Waals surface area (Å²) >= 11 is 0. The van der Waals surface area contributed by atoms with E-state index in [2.05, 4.69) is 15.3 Å². The van der Waals surface area contributed by atoms with Crippen LogP contribution in [-0.4, -0.2) is 48.1 Å². The van der Waals surface area contributed by atoms with Crippen molar-refractivity contribution in [1.29, 1.82) is 0 Å². The summed E-state index contributed by atoms with van der Waals surface area (Å²) in [6.07, 6.45) is 4.45. The summed E-state index contributed by atoms with van der Waals surface area (Å²) in [6.45, 7) is 1.87. The van der Waals surface area contributed by atoms with Gasteiger partial charge in [-0.3, -0.25) is 4.79 Å². The third kappa shape index (κ3) is 4.16. The highest BCUT2D eigenvalue weighted by Gasteiger charge is 2.21. The predicted octanol–water partition coefficient (Wildman–Crippen LogP) is 0.722. The fourth-order valence-electron chi connectivity index (χ4n) is 2.74. The molecule has 3 N–H and O–H groups in total. The van der Waals surface area contributed by atoms with Crippen LogP contribution < -0.4 is 15.8 Å². The zero-order valence-electron chi connectivity index (χ0n) is 16.9. The lowest BCUT2D eigenvalue weighted by Crippen LogP contribution is -2.16. The van der Waals surface area contributed by atoms with E-state index in [1.807, 2.05) is 0 Å². The molecule has 3 heterocycles. The summed E-state index contributed by atoms with van der Waals surface area (Å²) in [5.41, 5.74) is 6.11. The van der Waals surface area contributed by atoms with E-state index in [4.69, 9.17) is 15.2 Å². The molecule has 0 radical (unpaired) electrons. The van der Waals surface area contributed by atoms with E-state index in [1.54, 1.807) is 34.3 Å². The van der Waals surface area contributed by atoms with Crippen LogP contribution in [0.1, 0.15) is 38.7 Å². The minimum Gasteiger partial charge on any atom is -0.460 e. The van der Waals surface area contributed by atoms with E-state index in [-0.39, 0.29) is 35.6 Å². The maximum absolute atomic E-state index is 12.5. The molecule has 0 saturated heterocycles. The van der Waals surface area contributed by atoms with Gasteiger partial charge in [0.2, 0.25) is 17.5 Å². The van der Waals surface area contributed by atoms with Crippen molar-refractivity contribution in [2.45, 2.75) is 6.92 Å². The van der Waals surface area contributed by atoms with E-state index in [0.29, 0.717) is 5.69 Å². The number of nitrogens with two attached hydrogens (primary N) is 1. The Morgan fingerprint density at radius 3 is 2.33 bits per heavy atom. The fraction of sp³-hybridized carbons (Fsp3) is 0.278. The zero-order valence-corrected chi connectivity index (χ0v) is 16.9. The Balaban J connectivity index is 1.73. The van der Waals surface area contributed by atoms with Gasteiger partial charge in [-0.1, -0.05) is 0 Å². The Morgan fingerprint density at radius 1 is 1.00 bits per heavy atom. The van der Waals surface area contributed by atoms with Crippen LogP contribution in [0.25, 0.3) is 0 Å². The Hall–Kier alpha value is -4.09. The smallest absolute Gasteiger partial charge is 0.374 e. The lowest BCUT2D eigenvalue weighted by molar-refractivity contribution is 0.0505. The van der Waals surface area contributed by atoms with Gasteiger partial charge in [-0.15, -0.1) is 0 Å². The Bertz CT molecular complexity index is 1120. The van der Waals surface area contributed by atoms with E-state index < -0.39 is 17.8 Å². The van der Waals surface area contributed by atoms with Gasteiger partial charge in [0, 0.05) is 33.5 Å². The van der Waals surface area contributed by atoms with E-state index in [9.17, 15) is 14.4 Å². The molecule has 3 aromatic heterocycles. The van der Waals surface area contributed by atoms with Gasteiger partial charge in [0.15, 0.2) is 0 Å².